The Morgan fingerprint density at radius 3 is 2.82 bits per heavy atom. The first-order valence-corrected chi connectivity index (χ1v) is 7.13. The van der Waals surface area contributed by atoms with E-state index in [9.17, 15) is 4.39 Å². The highest BCUT2D eigenvalue weighted by molar-refractivity contribution is 6.30. The van der Waals surface area contributed by atoms with Gasteiger partial charge >= 0.3 is 0 Å². The van der Waals surface area contributed by atoms with E-state index in [2.05, 4.69) is 5.32 Å². The molecule has 2 rings (SSSR count). The lowest BCUT2D eigenvalue weighted by Crippen LogP contribution is -2.12. The molecule has 0 fully saturated rings. The molecule has 1 atom stereocenters. The standard InChI is InChI=1S/C16H17ClFN3O/c1-10(8-19)9-21-15-3-2-13(20)7-16(15)22-14-5-11(17)4-12(18)6-14/h2-8,10,19,21H,9,20H2,1H3. The second-order valence-electron chi connectivity index (χ2n) is 4.99. The summed E-state index contributed by atoms with van der Waals surface area (Å²) >= 11 is 5.82. The van der Waals surface area contributed by atoms with E-state index in [0.717, 1.165) is 0 Å². The van der Waals surface area contributed by atoms with Crippen molar-refractivity contribution in [3.05, 3.63) is 47.2 Å². The van der Waals surface area contributed by atoms with Crippen LogP contribution in [0, 0.1) is 17.1 Å². The van der Waals surface area contributed by atoms with E-state index >= 15 is 0 Å². The van der Waals surface area contributed by atoms with E-state index in [1.807, 2.05) is 6.92 Å². The quantitative estimate of drug-likeness (QED) is 0.540. The third-order valence-electron chi connectivity index (χ3n) is 2.97. The number of rotatable bonds is 6. The summed E-state index contributed by atoms with van der Waals surface area (Å²) in [4.78, 5) is 0. The second kappa shape index (κ2) is 7.13. The fourth-order valence-corrected chi connectivity index (χ4v) is 2.03. The molecule has 6 heteroatoms. The van der Waals surface area contributed by atoms with Gasteiger partial charge in [-0.2, -0.15) is 0 Å². The molecule has 2 aromatic rings. The average Bonchev–Trinajstić information content (AvgIpc) is 2.45. The van der Waals surface area contributed by atoms with Crippen LogP contribution in [0.25, 0.3) is 0 Å². The molecule has 0 spiro atoms. The molecular formula is C16H17ClFN3O. The van der Waals surface area contributed by atoms with E-state index in [1.165, 1.54) is 24.4 Å². The molecule has 0 saturated carbocycles. The molecule has 0 amide bonds. The molecule has 2 aromatic carbocycles. The summed E-state index contributed by atoms with van der Waals surface area (Å²) in [5, 5.41) is 10.7. The molecule has 0 heterocycles. The minimum atomic E-state index is -0.474. The van der Waals surface area contributed by atoms with Crippen LogP contribution in [0.3, 0.4) is 0 Å². The van der Waals surface area contributed by atoms with Gasteiger partial charge in [-0.05, 0) is 30.5 Å². The van der Waals surface area contributed by atoms with Crippen LogP contribution in [0.2, 0.25) is 5.02 Å². The summed E-state index contributed by atoms with van der Waals surface area (Å²) in [6, 6.07) is 9.15. The number of nitrogens with two attached hydrogens (primary N) is 1. The summed E-state index contributed by atoms with van der Waals surface area (Å²) in [5.74, 6) is 0.366. The molecule has 4 N–H and O–H groups in total. The average molecular weight is 322 g/mol. The third-order valence-corrected chi connectivity index (χ3v) is 3.19. The molecule has 0 aromatic heterocycles. The van der Waals surface area contributed by atoms with Gasteiger partial charge in [0.1, 0.15) is 11.6 Å². The second-order valence-corrected chi connectivity index (χ2v) is 5.42. The SMILES string of the molecule is CC(C=N)CNc1ccc(N)cc1Oc1cc(F)cc(Cl)c1. The molecular weight excluding hydrogens is 305 g/mol. The molecule has 0 saturated heterocycles. The van der Waals surface area contributed by atoms with E-state index in [-0.39, 0.29) is 10.9 Å². The Hall–Kier alpha value is -2.27. The Morgan fingerprint density at radius 2 is 2.14 bits per heavy atom. The fourth-order valence-electron chi connectivity index (χ4n) is 1.81. The Balaban J connectivity index is 2.24. The van der Waals surface area contributed by atoms with Crippen molar-refractivity contribution in [3.8, 4) is 11.5 Å². The molecule has 0 aliphatic carbocycles. The summed E-state index contributed by atoms with van der Waals surface area (Å²) in [5.41, 5.74) is 7.02. The van der Waals surface area contributed by atoms with Gasteiger partial charge in [0.05, 0.1) is 5.69 Å². The highest BCUT2D eigenvalue weighted by Gasteiger charge is 2.09. The zero-order valence-corrected chi connectivity index (χ0v) is 12.8. The van der Waals surface area contributed by atoms with Crippen LogP contribution in [-0.2, 0) is 0 Å². The third kappa shape index (κ3) is 4.36. The molecule has 0 bridgehead atoms. The maximum absolute atomic E-state index is 13.4. The lowest BCUT2D eigenvalue weighted by atomic mass is 10.2. The summed E-state index contributed by atoms with van der Waals surface area (Å²) in [6.07, 6.45) is 1.36. The van der Waals surface area contributed by atoms with Gasteiger partial charge in [0.15, 0.2) is 5.75 Å². The molecule has 0 aliphatic rings. The van der Waals surface area contributed by atoms with Crippen molar-refractivity contribution in [2.24, 2.45) is 5.92 Å². The van der Waals surface area contributed by atoms with Gasteiger partial charge in [0, 0.05) is 35.3 Å². The predicted molar refractivity (Wildman–Crippen MR) is 88.8 cm³/mol. The van der Waals surface area contributed by atoms with Crippen LogP contribution in [0.1, 0.15) is 6.92 Å². The van der Waals surface area contributed by atoms with Crippen LogP contribution >= 0.6 is 11.6 Å². The van der Waals surface area contributed by atoms with Crippen LogP contribution in [0.5, 0.6) is 11.5 Å². The van der Waals surface area contributed by atoms with E-state index in [0.29, 0.717) is 29.4 Å². The van der Waals surface area contributed by atoms with E-state index in [4.69, 9.17) is 27.5 Å². The number of anilines is 2. The lowest BCUT2D eigenvalue weighted by molar-refractivity contribution is 0.478. The smallest absolute Gasteiger partial charge is 0.152 e. The molecule has 116 valence electrons. The minimum Gasteiger partial charge on any atom is -0.455 e. The Bertz CT molecular complexity index is 658. The largest absolute Gasteiger partial charge is 0.455 e. The normalized spacial score (nSPS) is 11.8. The molecule has 1 unspecified atom stereocenters. The van der Waals surface area contributed by atoms with Crippen molar-refractivity contribution in [1.82, 2.24) is 0 Å². The van der Waals surface area contributed by atoms with Crippen molar-refractivity contribution in [2.45, 2.75) is 6.92 Å². The van der Waals surface area contributed by atoms with Crippen LogP contribution in [0.4, 0.5) is 15.8 Å². The van der Waals surface area contributed by atoms with E-state index < -0.39 is 5.82 Å². The molecule has 22 heavy (non-hydrogen) atoms. The highest BCUT2D eigenvalue weighted by Crippen LogP contribution is 2.33. The van der Waals surface area contributed by atoms with Crippen LogP contribution in [-0.4, -0.2) is 12.8 Å². The first-order valence-electron chi connectivity index (χ1n) is 6.76. The van der Waals surface area contributed by atoms with Crippen molar-refractivity contribution < 1.29 is 9.13 Å². The topological polar surface area (TPSA) is 71.1 Å². The zero-order chi connectivity index (χ0) is 16.1. The maximum Gasteiger partial charge on any atom is 0.152 e. The number of hydrogen-bond donors (Lipinski definition) is 3. The number of nitrogens with one attached hydrogen (secondary N) is 2. The van der Waals surface area contributed by atoms with Gasteiger partial charge in [-0.15, -0.1) is 0 Å². The van der Waals surface area contributed by atoms with Gasteiger partial charge < -0.3 is 21.2 Å². The van der Waals surface area contributed by atoms with Gasteiger partial charge in [0.2, 0.25) is 0 Å². The highest BCUT2D eigenvalue weighted by atomic mass is 35.5. The fraction of sp³-hybridized carbons (Fsp3) is 0.188. The molecule has 4 nitrogen and oxygen atoms in total. The molecule has 0 radical (unpaired) electrons. The van der Waals surface area contributed by atoms with Crippen LogP contribution < -0.4 is 15.8 Å². The van der Waals surface area contributed by atoms with Gasteiger partial charge in [-0.1, -0.05) is 18.5 Å². The van der Waals surface area contributed by atoms with Crippen LogP contribution in [0.15, 0.2) is 36.4 Å². The van der Waals surface area contributed by atoms with Crippen molar-refractivity contribution >= 4 is 29.2 Å². The Labute approximate surface area is 133 Å². The van der Waals surface area contributed by atoms with E-state index in [1.54, 1.807) is 18.2 Å². The Morgan fingerprint density at radius 1 is 1.36 bits per heavy atom. The summed E-state index contributed by atoms with van der Waals surface area (Å²) in [6.45, 7) is 2.50. The Kier molecular flexibility index (Phi) is 5.22. The van der Waals surface area contributed by atoms with Crippen molar-refractivity contribution in [3.63, 3.8) is 0 Å². The van der Waals surface area contributed by atoms with Gasteiger partial charge in [-0.3, -0.25) is 0 Å². The number of hydrogen-bond acceptors (Lipinski definition) is 4. The van der Waals surface area contributed by atoms with Crippen molar-refractivity contribution in [1.29, 1.82) is 5.41 Å². The number of halogens is 2. The lowest BCUT2D eigenvalue weighted by Gasteiger charge is -2.15. The van der Waals surface area contributed by atoms with Crippen molar-refractivity contribution in [2.75, 3.05) is 17.6 Å². The minimum absolute atomic E-state index is 0.0778. The summed E-state index contributed by atoms with van der Waals surface area (Å²) in [7, 11) is 0. The number of benzene rings is 2. The number of nitrogen functional groups attached to an aromatic ring is 1. The predicted octanol–water partition coefficient (Wildman–Crippen LogP) is 4.55. The van der Waals surface area contributed by atoms with Gasteiger partial charge in [-0.25, -0.2) is 4.39 Å². The zero-order valence-electron chi connectivity index (χ0n) is 12.1. The maximum atomic E-state index is 13.4. The van der Waals surface area contributed by atoms with Gasteiger partial charge in [0.25, 0.3) is 0 Å². The summed E-state index contributed by atoms with van der Waals surface area (Å²) < 4.78 is 19.1. The molecule has 0 aliphatic heterocycles. The monoisotopic (exact) mass is 321 g/mol. The number of ether oxygens (including phenoxy) is 1. The first-order chi connectivity index (χ1) is 10.5. The first kappa shape index (κ1) is 16.1.